The molecule has 6 nitrogen and oxygen atoms in total. The van der Waals surface area contributed by atoms with Gasteiger partial charge >= 0.3 is 0 Å². The highest BCUT2D eigenvalue weighted by atomic mass is 16.5. The summed E-state index contributed by atoms with van der Waals surface area (Å²) in [6.07, 6.45) is 5.95. The zero-order valence-corrected chi connectivity index (χ0v) is 14.4. The molecule has 1 fully saturated rings. The summed E-state index contributed by atoms with van der Waals surface area (Å²) in [5.74, 6) is 0.678. The van der Waals surface area contributed by atoms with Gasteiger partial charge in [0.15, 0.2) is 5.82 Å². The van der Waals surface area contributed by atoms with Gasteiger partial charge in [-0.1, -0.05) is 30.3 Å². The molecule has 0 unspecified atom stereocenters. The maximum absolute atomic E-state index is 12.8. The maximum atomic E-state index is 12.8. The van der Waals surface area contributed by atoms with Crippen LogP contribution in [-0.2, 0) is 4.74 Å². The van der Waals surface area contributed by atoms with Crippen molar-refractivity contribution in [1.29, 1.82) is 0 Å². The van der Waals surface area contributed by atoms with E-state index in [2.05, 4.69) is 22.2 Å². The summed E-state index contributed by atoms with van der Waals surface area (Å²) in [5, 5.41) is 4.14. The summed E-state index contributed by atoms with van der Waals surface area (Å²) < 4.78 is 7.62. The Bertz CT molecular complexity index is 847. The second kappa shape index (κ2) is 7.49. The summed E-state index contributed by atoms with van der Waals surface area (Å²) >= 11 is 0. The average Bonchev–Trinajstić information content (AvgIpc) is 3.13. The summed E-state index contributed by atoms with van der Waals surface area (Å²) in [4.78, 5) is 19.0. The minimum absolute atomic E-state index is 0.0122. The predicted molar refractivity (Wildman–Crippen MR) is 97.0 cm³/mol. The highest BCUT2D eigenvalue weighted by Crippen LogP contribution is 2.24. The number of ether oxygens (including phenoxy) is 1. The van der Waals surface area contributed by atoms with Crippen LogP contribution in [0.4, 0.5) is 0 Å². The van der Waals surface area contributed by atoms with Gasteiger partial charge in [0.2, 0.25) is 0 Å². The monoisotopic (exact) mass is 348 g/mol. The first kappa shape index (κ1) is 16.5. The van der Waals surface area contributed by atoms with Crippen molar-refractivity contribution in [2.45, 2.75) is 12.5 Å². The molecule has 1 aliphatic heterocycles. The SMILES string of the molecule is O=C(c1ccc(-n2cccn2)nc1)N1CCO[C@H](c2ccccc2)CC1. The van der Waals surface area contributed by atoms with Crippen LogP contribution in [0.15, 0.2) is 67.1 Å². The van der Waals surface area contributed by atoms with Crippen LogP contribution in [0.1, 0.15) is 28.4 Å². The number of nitrogens with zero attached hydrogens (tertiary/aromatic N) is 4. The molecule has 1 aromatic carbocycles. The van der Waals surface area contributed by atoms with Crippen molar-refractivity contribution in [2.24, 2.45) is 0 Å². The third-order valence-electron chi connectivity index (χ3n) is 4.53. The Hall–Kier alpha value is -2.99. The minimum Gasteiger partial charge on any atom is -0.372 e. The number of hydrogen-bond acceptors (Lipinski definition) is 4. The maximum Gasteiger partial charge on any atom is 0.255 e. The third kappa shape index (κ3) is 3.50. The fourth-order valence-corrected chi connectivity index (χ4v) is 3.14. The molecule has 1 aliphatic rings. The van der Waals surface area contributed by atoms with Gasteiger partial charge in [-0.3, -0.25) is 4.79 Å². The first-order valence-electron chi connectivity index (χ1n) is 8.73. The van der Waals surface area contributed by atoms with Gasteiger partial charge in [0.05, 0.1) is 18.3 Å². The summed E-state index contributed by atoms with van der Waals surface area (Å²) in [5.41, 5.74) is 1.74. The number of benzene rings is 1. The van der Waals surface area contributed by atoms with Crippen molar-refractivity contribution in [2.75, 3.05) is 19.7 Å². The van der Waals surface area contributed by atoms with Crippen LogP contribution in [0.25, 0.3) is 5.82 Å². The molecule has 0 bridgehead atoms. The van der Waals surface area contributed by atoms with E-state index in [9.17, 15) is 4.79 Å². The lowest BCUT2D eigenvalue weighted by molar-refractivity contribution is 0.0585. The van der Waals surface area contributed by atoms with E-state index in [1.54, 1.807) is 29.2 Å². The molecule has 132 valence electrons. The summed E-state index contributed by atoms with van der Waals surface area (Å²) in [6, 6.07) is 15.6. The molecular formula is C20H20N4O2. The van der Waals surface area contributed by atoms with Crippen molar-refractivity contribution >= 4 is 5.91 Å². The van der Waals surface area contributed by atoms with Gasteiger partial charge in [0.1, 0.15) is 0 Å². The van der Waals surface area contributed by atoms with E-state index < -0.39 is 0 Å². The fraction of sp³-hybridized carbons (Fsp3) is 0.250. The molecular weight excluding hydrogens is 328 g/mol. The Balaban J connectivity index is 1.43. The molecule has 0 aliphatic carbocycles. The van der Waals surface area contributed by atoms with E-state index in [-0.39, 0.29) is 12.0 Å². The van der Waals surface area contributed by atoms with Crippen molar-refractivity contribution in [1.82, 2.24) is 19.7 Å². The first-order valence-corrected chi connectivity index (χ1v) is 8.73. The van der Waals surface area contributed by atoms with Crippen LogP contribution in [0.3, 0.4) is 0 Å². The molecule has 0 saturated carbocycles. The largest absolute Gasteiger partial charge is 0.372 e. The number of amides is 1. The second-order valence-corrected chi connectivity index (χ2v) is 6.21. The number of pyridine rings is 1. The van der Waals surface area contributed by atoms with Gasteiger partial charge in [0, 0.05) is 31.7 Å². The molecule has 6 heteroatoms. The second-order valence-electron chi connectivity index (χ2n) is 6.21. The van der Waals surface area contributed by atoms with Crippen LogP contribution in [-0.4, -0.2) is 45.3 Å². The van der Waals surface area contributed by atoms with E-state index in [0.717, 1.165) is 12.0 Å². The zero-order chi connectivity index (χ0) is 17.8. The average molecular weight is 348 g/mol. The van der Waals surface area contributed by atoms with Gasteiger partial charge in [-0.05, 0) is 30.2 Å². The molecule has 3 heterocycles. The Kier molecular flexibility index (Phi) is 4.75. The molecule has 0 N–H and O–H groups in total. The number of aromatic nitrogens is 3. The molecule has 0 spiro atoms. The van der Waals surface area contributed by atoms with Gasteiger partial charge in [-0.25, -0.2) is 9.67 Å². The third-order valence-corrected chi connectivity index (χ3v) is 4.53. The van der Waals surface area contributed by atoms with Gasteiger partial charge < -0.3 is 9.64 Å². The number of carbonyl (C=O) groups excluding carboxylic acids is 1. The predicted octanol–water partition coefficient (Wildman–Crippen LogP) is 2.87. The van der Waals surface area contributed by atoms with E-state index in [4.69, 9.17) is 4.74 Å². The highest BCUT2D eigenvalue weighted by Gasteiger charge is 2.23. The molecule has 0 radical (unpaired) electrons. The molecule has 3 aromatic rings. The number of carbonyl (C=O) groups is 1. The van der Waals surface area contributed by atoms with Crippen molar-refractivity contribution in [3.63, 3.8) is 0 Å². The van der Waals surface area contributed by atoms with Crippen LogP contribution in [0, 0.1) is 0 Å². The first-order chi connectivity index (χ1) is 12.8. The van der Waals surface area contributed by atoms with E-state index in [1.165, 1.54) is 0 Å². The lowest BCUT2D eigenvalue weighted by Gasteiger charge is -2.19. The van der Waals surface area contributed by atoms with E-state index >= 15 is 0 Å². The van der Waals surface area contributed by atoms with Crippen LogP contribution in [0.5, 0.6) is 0 Å². The Morgan fingerprint density at radius 1 is 1.08 bits per heavy atom. The molecule has 1 amide bonds. The van der Waals surface area contributed by atoms with E-state index in [0.29, 0.717) is 31.1 Å². The quantitative estimate of drug-likeness (QED) is 0.730. The van der Waals surface area contributed by atoms with Crippen LogP contribution in [0.2, 0.25) is 0 Å². The lowest BCUT2D eigenvalue weighted by Crippen LogP contribution is -2.33. The smallest absolute Gasteiger partial charge is 0.255 e. The lowest BCUT2D eigenvalue weighted by atomic mass is 10.1. The Morgan fingerprint density at radius 3 is 2.69 bits per heavy atom. The van der Waals surface area contributed by atoms with Crippen molar-refractivity contribution in [3.05, 3.63) is 78.2 Å². The fourth-order valence-electron chi connectivity index (χ4n) is 3.14. The zero-order valence-electron chi connectivity index (χ0n) is 14.4. The number of rotatable bonds is 3. The van der Waals surface area contributed by atoms with Crippen molar-refractivity contribution < 1.29 is 9.53 Å². The molecule has 2 aromatic heterocycles. The van der Waals surface area contributed by atoms with Crippen molar-refractivity contribution in [3.8, 4) is 5.82 Å². The molecule has 26 heavy (non-hydrogen) atoms. The summed E-state index contributed by atoms with van der Waals surface area (Å²) in [7, 11) is 0. The van der Waals surface area contributed by atoms with Crippen LogP contribution >= 0.6 is 0 Å². The Labute approximate surface area is 152 Å². The molecule has 1 saturated heterocycles. The number of hydrogen-bond donors (Lipinski definition) is 0. The minimum atomic E-state index is -0.0122. The molecule has 4 rings (SSSR count). The normalized spacial score (nSPS) is 17.7. The van der Waals surface area contributed by atoms with Gasteiger partial charge in [-0.2, -0.15) is 5.10 Å². The Morgan fingerprint density at radius 2 is 1.96 bits per heavy atom. The van der Waals surface area contributed by atoms with Gasteiger partial charge in [0.25, 0.3) is 5.91 Å². The van der Waals surface area contributed by atoms with E-state index in [1.807, 2.05) is 35.4 Å². The molecule has 1 atom stereocenters. The standard InChI is InChI=1S/C20H20N4O2/c25-20(17-7-8-19(21-15-17)24-11-4-10-22-24)23-12-9-18(26-14-13-23)16-5-2-1-3-6-16/h1-8,10-11,15,18H,9,12-14H2/t18-/m0/s1. The summed E-state index contributed by atoms with van der Waals surface area (Å²) in [6.45, 7) is 1.78. The highest BCUT2D eigenvalue weighted by molar-refractivity contribution is 5.94. The van der Waals surface area contributed by atoms with Gasteiger partial charge in [-0.15, -0.1) is 0 Å². The van der Waals surface area contributed by atoms with Crippen LogP contribution < -0.4 is 0 Å². The topological polar surface area (TPSA) is 60.2 Å².